The average Bonchev–Trinajstić information content (AvgIpc) is 3.32. The maximum atomic E-state index is 13.2. The van der Waals surface area contributed by atoms with E-state index in [9.17, 15) is 4.79 Å². The van der Waals surface area contributed by atoms with Crippen LogP contribution in [0.2, 0.25) is 0 Å². The Bertz CT molecular complexity index is 1210. The predicted molar refractivity (Wildman–Crippen MR) is 131 cm³/mol. The molecule has 168 valence electrons. The zero-order chi connectivity index (χ0) is 22.6. The van der Waals surface area contributed by atoms with Crippen LogP contribution in [0.15, 0.2) is 72.8 Å². The fourth-order valence-electron chi connectivity index (χ4n) is 4.23. The Kier molecular flexibility index (Phi) is 6.26. The molecule has 0 N–H and O–H groups in total. The lowest BCUT2D eigenvalue weighted by atomic mass is 9.97. The van der Waals surface area contributed by atoms with Crippen molar-refractivity contribution in [2.45, 2.75) is 25.4 Å². The number of para-hydroxylation sites is 1. The van der Waals surface area contributed by atoms with Crippen molar-refractivity contribution in [2.24, 2.45) is 0 Å². The summed E-state index contributed by atoms with van der Waals surface area (Å²) in [4.78, 5) is 19.9. The van der Waals surface area contributed by atoms with Crippen LogP contribution < -0.4 is 9.47 Å². The van der Waals surface area contributed by atoms with Gasteiger partial charge in [0.15, 0.2) is 11.5 Å². The van der Waals surface area contributed by atoms with Gasteiger partial charge in [0.25, 0.3) is 5.91 Å². The number of ether oxygens (including phenoxy) is 2. The van der Waals surface area contributed by atoms with E-state index < -0.39 is 0 Å². The van der Waals surface area contributed by atoms with Gasteiger partial charge in [-0.2, -0.15) is 0 Å². The lowest BCUT2D eigenvalue weighted by Gasteiger charge is -2.31. The highest BCUT2D eigenvalue weighted by Crippen LogP contribution is 2.35. The summed E-state index contributed by atoms with van der Waals surface area (Å²) in [6, 6.07) is 23.7. The number of fused-ring (bicyclic) bond motifs is 1. The van der Waals surface area contributed by atoms with E-state index >= 15 is 0 Å². The lowest BCUT2D eigenvalue weighted by Crippen LogP contribution is -2.37. The summed E-state index contributed by atoms with van der Waals surface area (Å²) < 4.78 is 12.7. The van der Waals surface area contributed by atoms with Gasteiger partial charge < -0.3 is 14.4 Å². The highest BCUT2D eigenvalue weighted by atomic mass is 32.1. The molecule has 0 radical (unpaired) electrons. The summed E-state index contributed by atoms with van der Waals surface area (Å²) in [5.41, 5.74) is 2.77. The van der Waals surface area contributed by atoms with E-state index in [1.165, 1.54) is 9.71 Å². The minimum absolute atomic E-state index is 0.0330. The number of aromatic nitrogens is 1. The second-order valence-corrected chi connectivity index (χ2v) is 9.29. The van der Waals surface area contributed by atoms with Crippen molar-refractivity contribution < 1.29 is 14.3 Å². The number of carbonyl (C=O) groups is 1. The van der Waals surface area contributed by atoms with Crippen molar-refractivity contribution in [3.8, 4) is 11.5 Å². The number of carbonyl (C=O) groups excluding carboxylic acids is 1. The van der Waals surface area contributed by atoms with E-state index in [2.05, 4.69) is 18.2 Å². The van der Waals surface area contributed by atoms with Gasteiger partial charge in [-0.25, -0.2) is 4.98 Å². The fraction of sp³-hybridized carbons (Fsp3) is 0.259. The monoisotopic (exact) mass is 458 g/mol. The Morgan fingerprint density at radius 1 is 1.00 bits per heavy atom. The number of hydrogen-bond acceptors (Lipinski definition) is 5. The van der Waals surface area contributed by atoms with Crippen LogP contribution >= 0.6 is 11.3 Å². The molecule has 33 heavy (non-hydrogen) atoms. The molecule has 2 heterocycles. The van der Waals surface area contributed by atoms with Gasteiger partial charge in [-0.05, 0) is 48.7 Å². The first-order valence-electron chi connectivity index (χ1n) is 11.2. The predicted octanol–water partition coefficient (Wildman–Crippen LogP) is 5.90. The third-order valence-electron chi connectivity index (χ3n) is 6.09. The van der Waals surface area contributed by atoms with E-state index in [0.717, 1.165) is 37.0 Å². The lowest BCUT2D eigenvalue weighted by molar-refractivity contribution is 0.0712. The van der Waals surface area contributed by atoms with Gasteiger partial charge in [-0.3, -0.25) is 4.79 Å². The molecule has 4 aromatic rings. The number of methoxy groups -OCH3 is 1. The Morgan fingerprint density at radius 3 is 2.52 bits per heavy atom. The van der Waals surface area contributed by atoms with Crippen LogP contribution in [0.3, 0.4) is 0 Å². The number of rotatable bonds is 6. The smallest absolute Gasteiger partial charge is 0.253 e. The summed E-state index contributed by atoms with van der Waals surface area (Å²) in [6.45, 7) is 1.91. The number of amides is 1. The molecule has 0 aliphatic carbocycles. The number of likely N-dealkylation sites (tertiary alicyclic amines) is 1. The number of benzene rings is 3. The molecule has 0 unspecified atom stereocenters. The zero-order valence-corrected chi connectivity index (χ0v) is 19.4. The molecule has 0 saturated carbocycles. The minimum atomic E-state index is 0.0330. The van der Waals surface area contributed by atoms with E-state index in [4.69, 9.17) is 14.5 Å². The van der Waals surface area contributed by atoms with Crippen molar-refractivity contribution in [1.29, 1.82) is 0 Å². The molecule has 1 fully saturated rings. The Balaban J connectivity index is 1.23. The highest BCUT2D eigenvalue weighted by Gasteiger charge is 2.27. The van der Waals surface area contributed by atoms with Gasteiger partial charge in [0.05, 0.1) is 22.3 Å². The molecule has 1 aliphatic heterocycles. The summed E-state index contributed by atoms with van der Waals surface area (Å²) >= 11 is 1.77. The van der Waals surface area contributed by atoms with Crippen LogP contribution in [0.25, 0.3) is 10.2 Å². The maximum absolute atomic E-state index is 13.2. The molecule has 0 bridgehead atoms. The molecule has 5 nitrogen and oxygen atoms in total. The van der Waals surface area contributed by atoms with Crippen molar-refractivity contribution in [3.63, 3.8) is 0 Å². The first kappa shape index (κ1) is 21.5. The van der Waals surface area contributed by atoms with Crippen molar-refractivity contribution in [1.82, 2.24) is 9.88 Å². The summed E-state index contributed by atoms with van der Waals surface area (Å²) in [5.74, 6) is 1.65. The number of piperidine rings is 1. The quantitative estimate of drug-likeness (QED) is 0.361. The Hall–Kier alpha value is -3.38. The molecule has 3 aromatic carbocycles. The van der Waals surface area contributed by atoms with E-state index in [-0.39, 0.29) is 5.91 Å². The van der Waals surface area contributed by atoms with Crippen molar-refractivity contribution >= 4 is 27.5 Å². The average molecular weight is 459 g/mol. The summed E-state index contributed by atoms with van der Waals surface area (Å²) in [7, 11) is 1.60. The van der Waals surface area contributed by atoms with Crippen LogP contribution in [0.1, 0.15) is 39.7 Å². The van der Waals surface area contributed by atoms with Gasteiger partial charge in [0.1, 0.15) is 6.61 Å². The third kappa shape index (κ3) is 4.71. The first-order valence-corrected chi connectivity index (χ1v) is 12.0. The van der Waals surface area contributed by atoms with Crippen LogP contribution in [-0.4, -0.2) is 36.0 Å². The van der Waals surface area contributed by atoms with E-state index in [1.807, 2.05) is 53.4 Å². The van der Waals surface area contributed by atoms with Crippen LogP contribution in [0.5, 0.6) is 11.5 Å². The Labute approximate surface area is 197 Å². The normalized spacial score (nSPS) is 14.4. The number of thiazole rings is 1. The third-order valence-corrected chi connectivity index (χ3v) is 7.29. The molecule has 0 spiro atoms. The molecule has 0 atom stereocenters. The molecule has 5 rings (SSSR count). The van der Waals surface area contributed by atoms with Gasteiger partial charge in [0.2, 0.25) is 0 Å². The van der Waals surface area contributed by atoms with E-state index in [1.54, 1.807) is 24.5 Å². The maximum Gasteiger partial charge on any atom is 0.253 e. The van der Waals surface area contributed by atoms with Gasteiger partial charge in [0, 0.05) is 24.6 Å². The molecule has 1 saturated heterocycles. The SMILES string of the molecule is COc1cc(C(=O)N2CCC(c3nc4ccccc4s3)CC2)ccc1OCc1ccccc1. The molecule has 1 amide bonds. The van der Waals surface area contributed by atoms with Gasteiger partial charge in [-0.1, -0.05) is 42.5 Å². The molecule has 1 aliphatic rings. The molecular formula is C27H26N2O3S. The molecule has 6 heteroatoms. The van der Waals surface area contributed by atoms with Crippen molar-refractivity contribution in [2.75, 3.05) is 20.2 Å². The fourth-order valence-corrected chi connectivity index (χ4v) is 5.37. The van der Waals surface area contributed by atoms with Gasteiger partial charge in [-0.15, -0.1) is 11.3 Å². The first-order chi connectivity index (χ1) is 16.2. The zero-order valence-electron chi connectivity index (χ0n) is 18.6. The number of hydrogen-bond donors (Lipinski definition) is 0. The largest absolute Gasteiger partial charge is 0.493 e. The second-order valence-electron chi connectivity index (χ2n) is 8.23. The summed E-state index contributed by atoms with van der Waals surface area (Å²) in [6.07, 6.45) is 1.86. The Morgan fingerprint density at radius 2 is 1.76 bits per heavy atom. The second kappa shape index (κ2) is 9.63. The van der Waals surface area contributed by atoms with Crippen molar-refractivity contribution in [3.05, 3.63) is 88.9 Å². The summed E-state index contributed by atoms with van der Waals surface area (Å²) in [5, 5.41) is 1.19. The highest BCUT2D eigenvalue weighted by molar-refractivity contribution is 7.18. The molecule has 1 aromatic heterocycles. The van der Waals surface area contributed by atoms with Crippen LogP contribution in [-0.2, 0) is 6.61 Å². The topological polar surface area (TPSA) is 51.7 Å². The number of nitrogens with zero attached hydrogens (tertiary/aromatic N) is 2. The van der Waals surface area contributed by atoms with E-state index in [0.29, 0.717) is 29.6 Å². The van der Waals surface area contributed by atoms with Gasteiger partial charge >= 0.3 is 0 Å². The standard InChI is InChI=1S/C27H26N2O3S/c1-31-24-17-21(11-12-23(24)32-18-19-7-3-2-4-8-19)27(30)29-15-13-20(14-16-29)26-28-22-9-5-6-10-25(22)33-26/h2-12,17,20H,13-16,18H2,1H3. The van der Waals surface area contributed by atoms with Crippen LogP contribution in [0, 0.1) is 0 Å². The van der Waals surface area contributed by atoms with Crippen LogP contribution in [0.4, 0.5) is 0 Å². The molecular weight excluding hydrogens is 432 g/mol. The minimum Gasteiger partial charge on any atom is -0.493 e.